The van der Waals surface area contributed by atoms with E-state index >= 15 is 0 Å². The first-order valence-corrected chi connectivity index (χ1v) is 9.99. The van der Waals surface area contributed by atoms with E-state index in [9.17, 15) is 0 Å². The highest BCUT2D eigenvalue weighted by molar-refractivity contribution is 7.16. The van der Waals surface area contributed by atoms with Gasteiger partial charge < -0.3 is 0 Å². The summed E-state index contributed by atoms with van der Waals surface area (Å²) < 4.78 is 3.10. The summed E-state index contributed by atoms with van der Waals surface area (Å²) in [7, 11) is 0. The molecule has 136 valence electrons. The molecule has 4 nitrogen and oxygen atoms in total. The molecule has 0 aliphatic carbocycles. The smallest absolute Gasteiger partial charge is 0.163 e. The Labute approximate surface area is 167 Å². The molecule has 3 aromatic carbocycles. The largest absolute Gasteiger partial charge is 0.245 e. The fourth-order valence-corrected chi connectivity index (χ4v) is 4.40. The highest BCUT2D eigenvalue weighted by Gasteiger charge is 2.15. The second kappa shape index (κ2) is 6.69. The number of fused-ring (bicyclic) bond motifs is 1. The minimum absolute atomic E-state index is 0.842. The van der Waals surface area contributed by atoms with Crippen LogP contribution in [0.4, 0.5) is 0 Å². The molecular formula is C23H18N4S. The van der Waals surface area contributed by atoms with Crippen molar-refractivity contribution in [3.05, 3.63) is 83.6 Å². The lowest BCUT2D eigenvalue weighted by Crippen LogP contribution is -2.05. The number of hydrogen-bond donors (Lipinski definition) is 0. The second-order valence-corrected chi connectivity index (χ2v) is 7.74. The van der Waals surface area contributed by atoms with E-state index in [0.717, 1.165) is 27.3 Å². The molecule has 0 aliphatic rings. The predicted molar refractivity (Wildman–Crippen MR) is 115 cm³/mol. The zero-order chi connectivity index (χ0) is 19.1. The van der Waals surface area contributed by atoms with E-state index in [1.54, 1.807) is 17.7 Å². The summed E-state index contributed by atoms with van der Waals surface area (Å²) in [5.74, 6) is 0.842. The molecule has 0 atom stereocenters. The molecule has 0 radical (unpaired) electrons. The molecule has 0 N–H and O–H groups in total. The Morgan fingerprint density at radius 3 is 2.36 bits per heavy atom. The summed E-state index contributed by atoms with van der Waals surface area (Å²) in [5, 5.41) is 4.55. The molecule has 0 fully saturated rings. The maximum Gasteiger partial charge on any atom is 0.163 e. The number of nitrogens with zero attached hydrogens (tertiary/aromatic N) is 4. The van der Waals surface area contributed by atoms with Crippen LogP contribution in [0.15, 0.2) is 72.5 Å². The van der Waals surface area contributed by atoms with Gasteiger partial charge in [0.25, 0.3) is 0 Å². The molecule has 0 unspecified atom stereocenters. The van der Waals surface area contributed by atoms with Crippen LogP contribution in [0.1, 0.15) is 11.1 Å². The van der Waals surface area contributed by atoms with Gasteiger partial charge in [0.2, 0.25) is 0 Å². The first-order valence-electron chi connectivity index (χ1n) is 9.11. The minimum Gasteiger partial charge on any atom is -0.245 e. The second-order valence-electron chi connectivity index (χ2n) is 6.85. The van der Waals surface area contributed by atoms with E-state index in [2.05, 4.69) is 77.4 Å². The Bertz CT molecular complexity index is 1260. The van der Waals surface area contributed by atoms with Crippen LogP contribution in [-0.4, -0.2) is 19.7 Å². The number of thiazole rings is 1. The highest BCUT2D eigenvalue weighted by Crippen LogP contribution is 2.31. The quantitative estimate of drug-likeness (QED) is 0.394. The van der Waals surface area contributed by atoms with E-state index in [4.69, 9.17) is 0 Å². The molecule has 5 heteroatoms. The van der Waals surface area contributed by atoms with Crippen molar-refractivity contribution in [1.82, 2.24) is 19.7 Å². The van der Waals surface area contributed by atoms with Crippen LogP contribution < -0.4 is 0 Å². The number of benzene rings is 3. The highest BCUT2D eigenvalue weighted by atomic mass is 32.1. The first-order chi connectivity index (χ1) is 13.7. The fraction of sp³-hybridized carbons (Fsp3) is 0.0870. The summed E-state index contributed by atoms with van der Waals surface area (Å²) in [6, 6.07) is 21.1. The van der Waals surface area contributed by atoms with Gasteiger partial charge in [-0.2, -0.15) is 5.10 Å². The summed E-state index contributed by atoms with van der Waals surface area (Å²) in [4.78, 5) is 8.92. The van der Waals surface area contributed by atoms with Crippen LogP contribution in [0.25, 0.3) is 38.4 Å². The molecule has 0 bridgehead atoms. The van der Waals surface area contributed by atoms with Crippen molar-refractivity contribution < 1.29 is 0 Å². The van der Waals surface area contributed by atoms with Crippen molar-refractivity contribution in [2.24, 2.45) is 0 Å². The SMILES string of the molecule is Cc1cc(-c2ccccc2)cc(C)c1-n1ncnc1-c1ccc2ncsc2c1. The molecule has 5 rings (SSSR count). The lowest BCUT2D eigenvalue weighted by Gasteiger charge is -2.15. The van der Waals surface area contributed by atoms with Gasteiger partial charge in [-0.05, 0) is 66.4 Å². The molecule has 0 spiro atoms. The van der Waals surface area contributed by atoms with Crippen LogP contribution in [0.5, 0.6) is 0 Å². The predicted octanol–water partition coefficient (Wildman–Crippen LogP) is 5.83. The Hall–Kier alpha value is -3.31. The minimum atomic E-state index is 0.842. The van der Waals surface area contributed by atoms with Gasteiger partial charge in [0.1, 0.15) is 6.33 Å². The van der Waals surface area contributed by atoms with Crippen LogP contribution in [-0.2, 0) is 0 Å². The van der Waals surface area contributed by atoms with Crippen molar-refractivity contribution in [2.45, 2.75) is 13.8 Å². The third kappa shape index (κ3) is 2.80. The molecule has 2 heterocycles. The van der Waals surface area contributed by atoms with Crippen LogP contribution in [0.2, 0.25) is 0 Å². The molecule has 0 amide bonds. The lowest BCUT2D eigenvalue weighted by molar-refractivity contribution is 0.871. The third-order valence-corrected chi connectivity index (χ3v) is 5.74. The van der Waals surface area contributed by atoms with Crippen LogP contribution in [0, 0.1) is 13.8 Å². The van der Waals surface area contributed by atoms with Gasteiger partial charge in [0, 0.05) is 5.56 Å². The number of aryl methyl sites for hydroxylation is 2. The average Bonchev–Trinajstić information content (AvgIpc) is 3.37. The first kappa shape index (κ1) is 16.8. The van der Waals surface area contributed by atoms with Crippen LogP contribution >= 0.6 is 11.3 Å². The summed E-state index contributed by atoms with van der Waals surface area (Å²) in [6.45, 7) is 4.26. The summed E-state index contributed by atoms with van der Waals surface area (Å²) in [6.07, 6.45) is 1.62. The van der Waals surface area contributed by atoms with Gasteiger partial charge >= 0.3 is 0 Å². The van der Waals surface area contributed by atoms with Crippen molar-refractivity contribution in [3.8, 4) is 28.2 Å². The number of rotatable bonds is 3. The topological polar surface area (TPSA) is 43.6 Å². The van der Waals surface area contributed by atoms with E-state index in [0.29, 0.717) is 0 Å². The zero-order valence-corrected chi connectivity index (χ0v) is 16.4. The van der Waals surface area contributed by atoms with E-state index in [1.165, 1.54) is 22.3 Å². The third-order valence-electron chi connectivity index (χ3n) is 4.95. The number of aromatic nitrogens is 4. The van der Waals surface area contributed by atoms with E-state index in [1.807, 2.05) is 22.3 Å². The van der Waals surface area contributed by atoms with Gasteiger partial charge in [0.15, 0.2) is 5.82 Å². The number of hydrogen-bond acceptors (Lipinski definition) is 4. The van der Waals surface area contributed by atoms with Gasteiger partial charge in [0.05, 0.1) is 21.4 Å². The van der Waals surface area contributed by atoms with Crippen molar-refractivity contribution >= 4 is 21.6 Å². The van der Waals surface area contributed by atoms with E-state index in [-0.39, 0.29) is 0 Å². The lowest BCUT2D eigenvalue weighted by atomic mass is 9.99. The Kier molecular flexibility index (Phi) is 4.02. The molecular weight excluding hydrogens is 364 g/mol. The zero-order valence-electron chi connectivity index (χ0n) is 15.6. The van der Waals surface area contributed by atoms with Gasteiger partial charge in [-0.1, -0.05) is 30.3 Å². The van der Waals surface area contributed by atoms with Crippen molar-refractivity contribution in [3.63, 3.8) is 0 Å². The standard InChI is InChI=1S/C23H18N4S/c1-15-10-19(17-6-4-3-5-7-17)11-16(2)22(15)27-23(24-13-26-27)18-8-9-20-21(12-18)28-14-25-20/h3-14H,1-2H3. The van der Waals surface area contributed by atoms with Gasteiger partial charge in [-0.3, -0.25) is 0 Å². The Morgan fingerprint density at radius 2 is 1.57 bits per heavy atom. The maximum absolute atomic E-state index is 4.55. The maximum atomic E-state index is 4.55. The summed E-state index contributed by atoms with van der Waals surface area (Å²) >= 11 is 1.64. The summed E-state index contributed by atoms with van der Waals surface area (Å²) in [5.41, 5.74) is 9.78. The van der Waals surface area contributed by atoms with Gasteiger partial charge in [-0.25, -0.2) is 14.6 Å². The normalized spacial score (nSPS) is 11.2. The van der Waals surface area contributed by atoms with E-state index < -0.39 is 0 Å². The molecule has 5 aromatic rings. The molecule has 28 heavy (non-hydrogen) atoms. The monoisotopic (exact) mass is 382 g/mol. The fourth-order valence-electron chi connectivity index (χ4n) is 3.68. The van der Waals surface area contributed by atoms with Crippen molar-refractivity contribution in [2.75, 3.05) is 0 Å². The molecule has 0 saturated carbocycles. The van der Waals surface area contributed by atoms with Crippen LogP contribution in [0.3, 0.4) is 0 Å². The average molecular weight is 382 g/mol. The van der Waals surface area contributed by atoms with Crippen molar-refractivity contribution in [1.29, 1.82) is 0 Å². The Morgan fingerprint density at radius 1 is 0.786 bits per heavy atom. The van der Waals surface area contributed by atoms with Gasteiger partial charge in [-0.15, -0.1) is 11.3 Å². The Balaban J connectivity index is 1.64. The molecule has 0 saturated heterocycles. The molecule has 2 aromatic heterocycles. The molecule has 0 aliphatic heterocycles.